The number of carbonyl (C=O) groups excluding carboxylic acids is 1. The summed E-state index contributed by atoms with van der Waals surface area (Å²) in [5.41, 5.74) is 16.4. The number of aliphatic imine (C=N–C) groups is 1. The maximum Gasteiger partial charge on any atom is 0.178 e. The molecule has 0 saturated carbocycles. The second-order valence-corrected chi connectivity index (χ2v) is 15.6. The molecule has 250 valence electrons. The van der Waals surface area contributed by atoms with Crippen molar-refractivity contribution in [2.75, 3.05) is 0 Å². The van der Waals surface area contributed by atoms with E-state index in [1.807, 2.05) is 12.2 Å². The number of aromatic amines is 1. The van der Waals surface area contributed by atoms with Crippen molar-refractivity contribution in [3.8, 4) is 0 Å². The molecule has 0 spiro atoms. The summed E-state index contributed by atoms with van der Waals surface area (Å²) in [7, 11) is 0. The number of thiophene rings is 2. The van der Waals surface area contributed by atoms with Crippen molar-refractivity contribution in [3.63, 3.8) is 0 Å². The van der Waals surface area contributed by atoms with Crippen LogP contribution >= 0.6 is 22.7 Å². The van der Waals surface area contributed by atoms with E-state index in [1.54, 1.807) is 34.8 Å². The lowest BCUT2D eigenvalue weighted by atomic mass is 9.98. The van der Waals surface area contributed by atoms with Gasteiger partial charge in [-0.05, 0) is 104 Å². The fourth-order valence-electron chi connectivity index (χ4n) is 7.02. The van der Waals surface area contributed by atoms with E-state index in [4.69, 9.17) is 4.99 Å². The molecular formula is C47H34N2OS2. The molecule has 8 bridgehead atoms. The SMILES string of the molecule is Cc1ccc(/C2=C3\C=CC(=N3)/C(c3ccc(C)cc3)=c3/cc/c(s3)=C(\c3ccc(C)cc3)c3ccc([nH]3)C(=C3C=CC(=O)C=C3)c3ccc2s3)cc1. The molecule has 9 rings (SSSR count). The van der Waals surface area contributed by atoms with Gasteiger partial charge in [-0.25, -0.2) is 4.99 Å². The number of benzene rings is 3. The number of rotatable bonds is 3. The lowest BCUT2D eigenvalue weighted by Crippen LogP contribution is -2.10. The lowest BCUT2D eigenvalue weighted by molar-refractivity contribution is -0.110. The third kappa shape index (κ3) is 5.88. The Labute approximate surface area is 311 Å². The van der Waals surface area contributed by atoms with Crippen molar-refractivity contribution in [2.24, 2.45) is 4.99 Å². The molecule has 6 aromatic rings. The number of allylic oxidation sites excluding steroid dienone is 7. The molecule has 0 atom stereocenters. The maximum atomic E-state index is 12.3. The Morgan fingerprint density at radius 1 is 0.462 bits per heavy atom. The molecule has 0 unspecified atom stereocenters. The number of fused-ring (bicyclic) bond motifs is 7. The van der Waals surface area contributed by atoms with Crippen LogP contribution in [0.25, 0.3) is 22.3 Å². The smallest absolute Gasteiger partial charge is 0.178 e. The van der Waals surface area contributed by atoms with E-state index in [1.165, 1.54) is 21.2 Å². The summed E-state index contributed by atoms with van der Waals surface area (Å²) in [6.07, 6.45) is 11.5. The van der Waals surface area contributed by atoms with Gasteiger partial charge < -0.3 is 4.98 Å². The van der Waals surface area contributed by atoms with Crippen LogP contribution in [0.15, 0.2) is 162 Å². The van der Waals surface area contributed by atoms with Gasteiger partial charge in [0.2, 0.25) is 0 Å². The molecule has 0 amide bonds. The first-order valence-electron chi connectivity index (χ1n) is 17.4. The third-order valence-corrected chi connectivity index (χ3v) is 12.0. The number of carbonyl (C=O) groups is 1. The summed E-state index contributed by atoms with van der Waals surface area (Å²) < 4.78 is 2.32. The van der Waals surface area contributed by atoms with Gasteiger partial charge >= 0.3 is 0 Å². The van der Waals surface area contributed by atoms with E-state index in [0.717, 1.165) is 81.6 Å². The maximum absolute atomic E-state index is 12.3. The predicted octanol–water partition coefficient (Wildman–Crippen LogP) is 9.79. The van der Waals surface area contributed by atoms with E-state index in [-0.39, 0.29) is 5.78 Å². The number of aromatic nitrogens is 1. The zero-order chi connectivity index (χ0) is 35.3. The molecule has 0 saturated heterocycles. The highest BCUT2D eigenvalue weighted by Crippen LogP contribution is 2.41. The van der Waals surface area contributed by atoms with Gasteiger partial charge in [0, 0.05) is 52.5 Å². The molecule has 5 heterocycles. The molecule has 0 fully saturated rings. The molecule has 52 heavy (non-hydrogen) atoms. The summed E-state index contributed by atoms with van der Waals surface area (Å²) in [6, 6.07) is 39.6. The fourth-order valence-corrected chi connectivity index (χ4v) is 9.34. The average molecular weight is 707 g/mol. The van der Waals surface area contributed by atoms with Crippen LogP contribution in [-0.4, -0.2) is 16.5 Å². The molecule has 0 radical (unpaired) electrons. The van der Waals surface area contributed by atoms with Crippen molar-refractivity contribution in [1.29, 1.82) is 0 Å². The zero-order valence-electron chi connectivity index (χ0n) is 29.0. The monoisotopic (exact) mass is 706 g/mol. The van der Waals surface area contributed by atoms with Crippen LogP contribution in [0.1, 0.15) is 54.5 Å². The first-order chi connectivity index (χ1) is 25.4. The molecule has 3 aromatic carbocycles. The second kappa shape index (κ2) is 13.0. The first-order valence-corrected chi connectivity index (χ1v) is 19.0. The molecule has 3 aliphatic rings. The van der Waals surface area contributed by atoms with Crippen molar-refractivity contribution >= 4 is 56.5 Å². The van der Waals surface area contributed by atoms with Crippen LogP contribution in [0.4, 0.5) is 0 Å². The van der Waals surface area contributed by atoms with Crippen LogP contribution in [0.3, 0.4) is 0 Å². The Bertz CT molecular complexity index is 2720. The van der Waals surface area contributed by atoms with Crippen LogP contribution in [-0.2, 0) is 4.79 Å². The number of nitrogens with zero attached hydrogens (tertiary/aromatic N) is 1. The Hall–Kier alpha value is -5.88. The summed E-state index contributed by atoms with van der Waals surface area (Å²) in [5, 5.41) is 0. The molecule has 2 aliphatic heterocycles. The Kier molecular flexibility index (Phi) is 8.03. The van der Waals surface area contributed by atoms with Gasteiger partial charge in [0.15, 0.2) is 5.78 Å². The summed E-state index contributed by atoms with van der Waals surface area (Å²) in [5.74, 6) is -0.00465. The van der Waals surface area contributed by atoms with Crippen molar-refractivity contribution in [2.45, 2.75) is 20.8 Å². The van der Waals surface area contributed by atoms with Crippen LogP contribution in [0, 0.1) is 20.8 Å². The van der Waals surface area contributed by atoms with Gasteiger partial charge in [0.05, 0.1) is 11.4 Å². The highest BCUT2D eigenvalue weighted by Gasteiger charge is 2.23. The van der Waals surface area contributed by atoms with Gasteiger partial charge in [-0.1, -0.05) is 102 Å². The van der Waals surface area contributed by atoms with Gasteiger partial charge in [0.1, 0.15) is 0 Å². The number of hydrogen-bond acceptors (Lipinski definition) is 4. The van der Waals surface area contributed by atoms with Crippen LogP contribution in [0.2, 0.25) is 0 Å². The van der Waals surface area contributed by atoms with E-state index < -0.39 is 0 Å². The third-order valence-electron chi connectivity index (χ3n) is 9.74. The Balaban J connectivity index is 1.40. The number of hydrogen-bond donors (Lipinski definition) is 1. The normalized spacial score (nSPS) is 18.8. The highest BCUT2D eigenvalue weighted by molar-refractivity contribution is 7.14. The Morgan fingerprint density at radius 3 is 1.56 bits per heavy atom. The number of ketones is 1. The summed E-state index contributed by atoms with van der Waals surface area (Å²) in [4.78, 5) is 23.8. The van der Waals surface area contributed by atoms with Crippen molar-refractivity contribution in [3.05, 3.63) is 221 Å². The minimum Gasteiger partial charge on any atom is -0.354 e. The second-order valence-electron chi connectivity index (χ2n) is 13.5. The summed E-state index contributed by atoms with van der Waals surface area (Å²) in [6.45, 7) is 6.37. The standard InChI is InChI=1S/C47H34N2OS2/c1-28-4-10-31(11-5-28)44-36-20-21-37(48-36)45(32-12-6-29(2)7-13-32)42-26-27-43(52-42)47(34-16-18-35(50)19-17-34)39-23-22-38(49-39)46(41-25-24-40(44)51-41)33-14-8-30(3)9-15-33/h4-27,49H,1-3H3/b44-40-,45-37-,46-41-. The van der Waals surface area contributed by atoms with E-state index >= 15 is 0 Å². The van der Waals surface area contributed by atoms with Gasteiger partial charge in [-0.2, -0.15) is 0 Å². The largest absolute Gasteiger partial charge is 0.354 e. The molecule has 1 N–H and O–H groups in total. The van der Waals surface area contributed by atoms with Gasteiger partial charge in [-0.3, -0.25) is 4.79 Å². The number of aryl methyl sites for hydroxylation is 3. The minimum absolute atomic E-state index is 0.00465. The van der Waals surface area contributed by atoms with E-state index in [9.17, 15) is 4.79 Å². The van der Waals surface area contributed by atoms with Crippen LogP contribution < -0.4 is 9.06 Å². The quantitative estimate of drug-likeness (QED) is 0.196. The predicted molar refractivity (Wildman–Crippen MR) is 218 cm³/mol. The highest BCUT2D eigenvalue weighted by atomic mass is 32.1. The van der Waals surface area contributed by atoms with Crippen molar-refractivity contribution < 1.29 is 4.79 Å². The van der Waals surface area contributed by atoms with Gasteiger partial charge in [-0.15, -0.1) is 22.7 Å². The number of nitrogens with one attached hydrogen (secondary N) is 1. The zero-order valence-corrected chi connectivity index (χ0v) is 30.7. The number of H-pyrrole nitrogens is 1. The van der Waals surface area contributed by atoms with Crippen molar-refractivity contribution in [1.82, 2.24) is 4.98 Å². The van der Waals surface area contributed by atoms with Gasteiger partial charge in [0.25, 0.3) is 0 Å². The summed E-state index contributed by atoms with van der Waals surface area (Å²) >= 11 is 3.54. The lowest BCUT2D eigenvalue weighted by Gasteiger charge is -2.12. The van der Waals surface area contributed by atoms with E-state index in [0.29, 0.717) is 0 Å². The topological polar surface area (TPSA) is 45.2 Å². The molecule has 1 aliphatic carbocycles. The Morgan fingerprint density at radius 2 is 0.962 bits per heavy atom. The average Bonchev–Trinajstić information content (AvgIpc) is 3.99. The molecule has 3 aromatic heterocycles. The fraction of sp³-hybridized carbons (Fsp3) is 0.0638. The minimum atomic E-state index is -0.00465. The molecule has 3 nitrogen and oxygen atoms in total. The first kappa shape index (κ1) is 32.1. The molecule has 5 heteroatoms. The van der Waals surface area contributed by atoms with E-state index in [2.05, 4.69) is 147 Å². The molecular weight excluding hydrogens is 673 g/mol. The van der Waals surface area contributed by atoms with Crippen LogP contribution in [0.5, 0.6) is 0 Å².